The molecule has 0 radical (unpaired) electrons. The monoisotopic (exact) mass is 512 g/mol. The Hall–Kier alpha value is -4.39. The van der Waals surface area contributed by atoms with Gasteiger partial charge in [-0.3, -0.25) is 9.59 Å². The van der Waals surface area contributed by atoms with Crippen molar-refractivity contribution in [3.63, 3.8) is 0 Å². The van der Waals surface area contributed by atoms with Crippen LogP contribution in [0.2, 0.25) is 0 Å². The summed E-state index contributed by atoms with van der Waals surface area (Å²) in [5.74, 6) is -0.161. The van der Waals surface area contributed by atoms with Crippen LogP contribution in [0.15, 0.2) is 94.1 Å². The molecule has 0 aliphatic rings. The minimum Gasteiger partial charge on any atom is -0.467 e. The third kappa shape index (κ3) is 6.68. The normalized spacial score (nSPS) is 12.6. The molecule has 0 spiro atoms. The molecule has 196 valence electrons. The maximum atomic E-state index is 13.5. The summed E-state index contributed by atoms with van der Waals surface area (Å²) in [5, 5.41) is 6.60. The fourth-order valence-electron chi connectivity index (χ4n) is 4.35. The van der Waals surface area contributed by atoms with Crippen molar-refractivity contribution in [3.05, 3.63) is 101 Å². The van der Waals surface area contributed by atoms with Gasteiger partial charge in [0.15, 0.2) is 5.43 Å². The van der Waals surface area contributed by atoms with Crippen LogP contribution in [-0.2, 0) is 20.7 Å². The number of ether oxygens (including phenoxy) is 1. The molecular weight excluding hydrogens is 480 g/mol. The van der Waals surface area contributed by atoms with Gasteiger partial charge in [0.2, 0.25) is 5.91 Å². The van der Waals surface area contributed by atoms with E-state index >= 15 is 0 Å². The number of benzene rings is 3. The number of hydrogen-bond acceptors (Lipinski definition) is 6. The molecule has 0 aliphatic heterocycles. The molecule has 0 bridgehead atoms. The van der Waals surface area contributed by atoms with Crippen molar-refractivity contribution in [2.75, 3.05) is 12.4 Å². The molecule has 38 heavy (non-hydrogen) atoms. The fourth-order valence-corrected chi connectivity index (χ4v) is 4.35. The Morgan fingerprint density at radius 2 is 1.58 bits per heavy atom. The van der Waals surface area contributed by atoms with Crippen LogP contribution in [0.5, 0.6) is 0 Å². The predicted molar refractivity (Wildman–Crippen MR) is 149 cm³/mol. The van der Waals surface area contributed by atoms with Crippen molar-refractivity contribution in [1.82, 2.24) is 5.32 Å². The Bertz CT molecular complexity index is 1450. The number of carbonyl (C=O) groups excluding carboxylic acids is 2. The van der Waals surface area contributed by atoms with Crippen molar-refractivity contribution in [1.29, 1.82) is 0 Å². The van der Waals surface area contributed by atoms with Gasteiger partial charge in [-0.05, 0) is 30.0 Å². The van der Waals surface area contributed by atoms with Gasteiger partial charge in [-0.1, -0.05) is 74.5 Å². The topological polar surface area (TPSA) is 97.6 Å². The Balaban J connectivity index is 1.65. The van der Waals surface area contributed by atoms with Crippen molar-refractivity contribution in [2.24, 2.45) is 5.92 Å². The molecule has 1 aromatic heterocycles. The second kappa shape index (κ2) is 12.2. The molecule has 7 heteroatoms. The van der Waals surface area contributed by atoms with E-state index in [4.69, 9.17) is 9.15 Å². The molecule has 0 saturated heterocycles. The molecule has 0 fully saturated rings. The predicted octanol–water partition coefficient (Wildman–Crippen LogP) is 5.19. The fraction of sp³-hybridized carbons (Fsp3) is 0.258. The summed E-state index contributed by atoms with van der Waals surface area (Å²) >= 11 is 0. The number of rotatable bonds is 10. The Morgan fingerprint density at radius 1 is 0.895 bits per heavy atom. The van der Waals surface area contributed by atoms with Crippen LogP contribution in [0.1, 0.15) is 25.8 Å². The lowest BCUT2D eigenvalue weighted by molar-refractivity contribution is -0.145. The van der Waals surface area contributed by atoms with Gasteiger partial charge in [0.05, 0.1) is 12.5 Å². The highest BCUT2D eigenvalue weighted by Crippen LogP contribution is 2.24. The van der Waals surface area contributed by atoms with Crippen LogP contribution < -0.4 is 16.1 Å². The smallest absolute Gasteiger partial charge is 0.328 e. The molecule has 7 nitrogen and oxygen atoms in total. The molecule has 0 aliphatic carbocycles. The highest BCUT2D eigenvalue weighted by atomic mass is 16.5. The van der Waals surface area contributed by atoms with Gasteiger partial charge in [-0.15, -0.1) is 0 Å². The van der Waals surface area contributed by atoms with Crippen LogP contribution in [0.4, 0.5) is 5.69 Å². The molecule has 4 rings (SSSR count). The van der Waals surface area contributed by atoms with Gasteiger partial charge in [0.25, 0.3) is 0 Å². The van der Waals surface area contributed by atoms with Gasteiger partial charge in [0, 0.05) is 29.8 Å². The molecule has 1 heterocycles. The maximum absolute atomic E-state index is 13.5. The first-order chi connectivity index (χ1) is 18.3. The van der Waals surface area contributed by atoms with E-state index in [1.807, 2.05) is 74.5 Å². The lowest BCUT2D eigenvalue weighted by Gasteiger charge is -2.24. The summed E-state index contributed by atoms with van der Waals surface area (Å²) in [5.41, 5.74) is 2.63. The first kappa shape index (κ1) is 26.7. The highest BCUT2D eigenvalue weighted by Gasteiger charge is 2.27. The maximum Gasteiger partial charge on any atom is 0.328 e. The van der Waals surface area contributed by atoms with E-state index in [0.29, 0.717) is 35.3 Å². The summed E-state index contributed by atoms with van der Waals surface area (Å²) < 4.78 is 11.0. The molecule has 1 amide bonds. The average molecular weight is 513 g/mol. The average Bonchev–Trinajstić information content (AvgIpc) is 2.92. The largest absolute Gasteiger partial charge is 0.467 e. The number of amides is 1. The van der Waals surface area contributed by atoms with Crippen LogP contribution >= 0.6 is 0 Å². The van der Waals surface area contributed by atoms with E-state index in [0.717, 1.165) is 11.1 Å². The van der Waals surface area contributed by atoms with Crippen molar-refractivity contribution in [3.8, 4) is 11.3 Å². The molecule has 4 aromatic rings. The van der Waals surface area contributed by atoms with Gasteiger partial charge in [0.1, 0.15) is 23.4 Å². The van der Waals surface area contributed by atoms with E-state index in [1.54, 1.807) is 18.2 Å². The molecule has 2 N–H and O–H groups in total. The third-order valence-corrected chi connectivity index (χ3v) is 6.24. The first-order valence-corrected chi connectivity index (χ1v) is 12.7. The van der Waals surface area contributed by atoms with E-state index < -0.39 is 18.1 Å². The van der Waals surface area contributed by atoms with Crippen molar-refractivity contribution < 1.29 is 18.7 Å². The zero-order valence-electron chi connectivity index (χ0n) is 21.8. The number of methoxy groups -OCH3 is 1. The van der Waals surface area contributed by atoms with E-state index in [2.05, 4.69) is 10.6 Å². The minimum absolute atomic E-state index is 0.148. The molecule has 2 atom stereocenters. The SMILES string of the molecule is COC(=O)[C@H](CC(C)C)NC(=O)[C@H](Cc1ccccc1)Nc1ccc2c(=O)cc(-c3ccccc3)oc2c1. The number of fused-ring (bicyclic) bond motifs is 1. The Morgan fingerprint density at radius 3 is 2.24 bits per heavy atom. The minimum atomic E-state index is -0.754. The number of anilines is 1. The quantitative estimate of drug-likeness (QED) is 0.284. The highest BCUT2D eigenvalue weighted by molar-refractivity contribution is 5.90. The third-order valence-electron chi connectivity index (χ3n) is 6.24. The summed E-state index contributed by atoms with van der Waals surface area (Å²) in [7, 11) is 1.31. The van der Waals surface area contributed by atoms with Crippen LogP contribution in [0.25, 0.3) is 22.3 Å². The van der Waals surface area contributed by atoms with E-state index in [1.165, 1.54) is 13.2 Å². The Kier molecular flexibility index (Phi) is 8.58. The van der Waals surface area contributed by atoms with E-state index in [-0.39, 0.29) is 17.3 Å². The number of carbonyl (C=O) groups is 2. The second-order valence-electron chi connectivity index (χ2n) is 9.65. The number of esters is 1. The van der Waals surface area contributed by atoms with Gasteiger partial charge >= 0.3 is 5.97 Å². The lowest BCUT2D eigenvalue weighted by Crippen LogP contribution is -2.49. The van der Waals surface area contributed by atoms with Gasteiger partial charge in [-0.25, -0.2) is 4.79 Å². The zero-order chi connectivity index (χ0) is 27.1. The molecular formula is C31H32N2O5. The zero-order valence-corrected chi connectivity index (χ0v) is 21.8. The molecule has 3 aromatic carbocycles. The van der Waals surface area contributed by atoms with Crippen molar-refractivity contribution in [2.45, 2.75) is 38.8 Å². The summed E-state index contributed by atoms with van der Waals surface area (Å²) in [6, 6.07) is 24.2. The standard InChI is InChI=1S/C31H32N2O5/c1-20(2)16-26(31(36)37-3)33-30(35)25(17-21-10-6-4-7-11-21)32-23-14-15-24-27(34)19-28(38-29(24)18-23)22-12-8-5-9-13-22/h4-15,18-20,25-26,32H,16-17H2,1-3H3,(H,33,35)/t25-,26-/m0/s1. The number of nitrogens with one attached hydrogen (secondary N) is 2. The number of hydrogen-bond donors (Lipinski definition) is 2. The van der Waals surface area contributed by atoms with Crippen LogP contribution in [-0.4, -0.2) is 31.1 Å². The van der Waals surface area contributed by atoms with Crippen LogP contribution in [0.3, 0.4) is 0 Å². The van der Waals surface area contributed by atoms with E-state index in [9.17, 15) is 14.4 Å². The molecule has 0 unspecified atom stereocenters. The summed E-state index contributed by atoms with van der Waals surface area (Å²) in [6.07, 6.45) is 0.841. The Labute approximate surface area is 221 Å². The van der Waals surface area contributed by atoms with Crippen molar-refractivity contribution >= 4 is 28.5 Å². The summed E-state index contributed by atoms with van der Waals surface area (Å²) in [4.78, 5) is 38.6. The molecule has 0 saturated carbocycles. The first-order valence-electron chi connectivity index (χ1n) is 12.7. The lowest BCUT2D eigenvalue weighted by atomic mass is 10.0. The van der Waals surface area contributed by atoms with Gasteiger partial charge in [-0.2, -0.15) is 0 Å². The second-order valence-corrected chi connectivity index (χ2v) is 9.65. The van der Waals surface area contributed by atoms with Crippen LogP contribution in [0, 0.1) is 5.92 Å². The summed E-state index contributed by atoms with van der Waals surface area (Å²) in [6.45, 7) is 3.96. The van der Waals surface area contributed by atoms with Gasteiger partial charge < -0.3 is 19.8 Å².